The molecule has 12 heavy (non-hydrogen) atoms. The molecule has 0 saturated carbocycles. The summed E-state index contributed by atoms with van der Waals surface area (Å²) in [5, 5.41) is 0. The number of halogens is 1. The van der Waals surface area contributed by atoms with Crippen molar-refractivity contribution in [3.8, 4) is 0 Å². The van der Waals surface area contributed by atoms with Crippen LogP contribution in [-0.2, 0) is 9.05 Å². The van der Waals surface area contributed by atoms with Crippen LogP contribution in [0, 0.1) is 0 Å². The van der Waals surface area contributed by atoms with Gasteiger partial charge >= 0.3 is 0 Å². The Balaban J connectivity index is 3.43. The number of benzene rings is 1. The molecule has 0 bridgehead atoms. The van der Waals surface area contributed by atoms with Crippen LogP contribution in [0.25, 0.3) is 6.08 Å². The molecule has 0 N–H and O–H groups in total. The summed E-state index contributed by atoms with van der Waals surface area (Å²) in [6, 6.07) is 6.42. The topological polar surface area (TPSA) is 34.1 Å². The lowest BCUT2D eigenvalue weighted by atomic mass is 10.2. The van der Waals surface area contributed by atoms with Crippen LogP contribution in [0.2, 0.25) is 0 Å². The molecule has 64 valence electrons. The molecule has 0 aliphatic carbocycles. The van der Waals surface area contributed by atoms with Gasteiger partial charge < -0.3 is 0 Å². The van der Waals surface area contributed by atoms with Crippen molar-refractivity contribution in [2.24, 2.45) is 0 Å². The van der Waals surface area contributed by atoms with E-state index in [0.717, 1.165) is 0 Å². The minimum atomic E-state index is -3.64. The van der Waals surface area contributed by atoms with E-state index in [0.29, 0.717) is 5.56 Å². The lowest BCUT2D eigenvalue weighted by molar-refractivity contribution is 0.609. The Morgan fingerprint density at radius 3 is 2.33 bits per heavy atom. The van der Waals surface area contributed by atoms with Gasteiger partial charge in [0.1, 0.15) is 0 Å². The van der Waals surface area contributed by atoms with E-state index in [1.807, 2.05) is 0 Å². The molecule has 0 aliphatic rings. The first-order valence-electron chi connectivity index (χ1n) is 3.22. The van der Waals surface area contributed by atoms with Crippen molar-refractivity contribution in [3.05, 3.63) is 36.4 Å². The van der Waals surface area contributed by atoms with Gasteiger partial charge in [-0.2, -0.15) is 0 Å². The highest BCUT2D eigenvalue weighted by molar-refractivity contribution is 8.13. The van der Waals surface area contributed by atoms with Crippen molar-refractivity contribution < 1.29 is 8.42 Å². The molecule has 0 spiro atoms. The molecule has 4 heteroatoms. The van der Waals surface area contributed by atoms with Crippen LogP contribution < -0.4 is 0 Å². The molecule has 0 unspecified atom stereocenters. The van der Waals surface area contributed by atoms with Crippen LogP contribution >= 0.6 is 10.7 Å². The predicted molar refractivity (Wildman–Crippen MR) is 49.6 cm³/mol. The SMILES string of the molecule is C=Cc1ccccc1S(=O)(=O)Cl. The summed E-state index contributed by atoms with van der Waals surface area (Å²) in [6.45, 7) is 3.48. The van der Waals surface area contributed by atoms with Crippen molar-refractivity contribution >= 4 is 25.8 Å². The zero-order chi connectivity index (χ0) is 9.19. The van der Waals surface area contributed by atoms with Gasteiger partial charge in [0.05, 0.1) is 4.90 Å². The fourth-order valence-electron chi connectivity index (χ4n) is 0.871. The molecule has 0 fully saturated rings. The Bertz CT molecular complexity index is 395. The zero-order valence-electron chi connectivity index (χ0n) is 6.20. The van der Waals surface area contributed by atoms with Gasteiger partial charge in [0, 0.05) is 10.7 Å². The first-order valence-corrected chi connectivity index (χ1v) is 5.53. The van der Waals surface area contributed by atoms with Crippen LogP contribution in [0.15, 0.2) is 35.7 Å². The Kier molecular flexibility index (Phi) is 2.55. The third kappa shape index (κ3) is 1.87. The summed E-state index contributed by atoms with van der Waals surface area (Å²) in [7, 11) is 1.52. The lowest BCUT2D eigenvalue weighted by Crippen LogP contribution is -1.92. The van der Waals surface area contributed by atoms with E-state index < -0.39 is 9.05 Å². The fourth-order valence-corrected chi connectivity index (χ4v) is 1.97. The average Bonchev–Trinajstić information content (AvgIpc) is 2.03. The molecule has 0 aliphatic heterocycles. The fraction of sp³-hybridized carbons (Fsp3) is 0. The van der Waals surface area contributed by atoms with E-state index >= 15 is 0 Å². The van der Waals surface area contributed by atoms with E-state index in [2.05, 4.69) is 6.58 Å². The molecular formula is C8H7ClO2S. The maximum absolute atomic E-state index is 10.9. The Morgan fingerprint density at radius 2 is 1.92 bits per heavy atom. The van der Waals surface area contributed by atoms with Gasteiger partial charge in [-0.25, -0.2) is 8.42 Å². The number of hydrogen-bond donors (Lipinski definition) is 0. The van der Waals surface area contributed by atoms with E-state index in [1.54, 1.807) is 18.2 Å². The van der Waals surface area contributed by atoms with Gasteiger partial charge in [-0.1, -0.05) is 30.9 Å². The molecule has 1 rings (SSSR count). The maximum atomic E-state index is 10.9. The van der Waals surface area contributed by atoms with E-state index in [4.69, 9.17) is 10.7 Å². The lowest BCUT2D eigenvalue weighted by Gasteiger charge is -1.99. The molecule has 0 heterocycles. The van der Waals surface area contributed by atoms with E-state index in [-0.39, 0.29) is 4.90 Å². The molecule has 2 nitrogen and oxygen atoms in total. The summed E-state index contributed by atoms with van der Waals surface area (Å²) in [6.07, 6.45) is 1.45. The second kappa shape index (κ2) is 3.29. The van der Waals surface area contributed by atoms with Gasteiger partial charge in [-0.05, 0) is 11.6 Å². The highest BCUT2D eigenvalue weighted by Gasteiger charge is 2.12. The monoisotopic (exact) mass is 202 g/mol. The molecule has 1 aromatic rings. The number of rotatable bonds is 2. The second-order valence-electron chi connectivity index (χ2n) is 2.18. The normalized spacial score (nSPS) is 11.1. The average molecular weight is 203 g/mol. The Hall–Kier alpha value is -0.800. The minimum absolute atomic E-state index is 0.0988. The zero-order valence-corrected chi connectivity index (χ0v) is 7.77. The Labute approximate surface area is 75.9 Å². The summed E-state index contributed by atoms with van der Waals surface area (Å²) in [5.74, 6) is 0. The summed E-state index contributed by atoms with van der Waals surface area (Å²) < 4.78 is 21.9. The third-order valence-electron chi connectivity index (χ3n) is 1.40. The van der Waals surface area contributed by atoms with E-state index in [9.17, 15) is 8.42 Å². The first kappa shape index (κ1) is 9.29. The first-order chi connectivity index (χ1) is 5.55. The molecule has 0 aromatic heterocycles. The van der Waals surface area contributed by atoms with Crippen molar-refractivity contribution in [1.82, 2.24) is 0 Å². The molecular weight excluding hydrogens is 196 g/mol. The van der Waals surface area contributed by atoms with Gasteiger partial charge in [0.15, 0.2) is 0 Å². The minimum Gasteiger partial charge on any atom is -0.207 e. The van der Waals surface area contributed by atoms with Gasteiger partial charge in [0.2, 0.25) is 0 Å². The van der Waals surface area contributed by atoms with Crippen LogP contribution in [0.4, 0.5) is 0 Å². The van der Waals surface area contributed by atoms with Crippen molar-refractivity contribution in [1.29, 1.82) is 0 Å². The molecule has 1 aromatic carbocycles. The van der Waals surface area contributed by atoms with Gasteiger partial charge in [-0.3, -0.25) is 0 Å². The van der Waals surface area contributed by atoms with E-state index in [1.165, 1.54) is 12.1 Å². The van der Waals surface area contributed by atoms with Crippen molar-refractivity contribution in [2.45, 2.75) is 4.90 Å². The largest absolute Gasteiger partial charge is 0.261 e. The van der Waals surface area contributed by atoms with Crippen LogP contribution in [0.5, 0.6) is 0 Å². The molecule has 0 atom stereocenters. The Morgan fingerprint density at radius 1 is 1.33 bits per heavy atom. The highest BCUT2D eigenvalue weighted by Crippen LogP contribution is 2.19. The maximum Gasteiger partial charge on any atom is 0.261 e. The van der Waals surface area contributed by atoms with Gasteiger partial charge in [0.25, 0.3) is 9.05 Å². The van der Waals surface area contributed by atoms with Crippen LogP contribution in [0.1, 0.15) is 5.56 Å². The molecule has 0 amide bonds. The van der Waals surface area contributed by atoms with Crippen molar-refractivity contribution in [3.63, 3.8) is 0 Å². The second-order valence-corrected chi connectivity index (χ2v) is 4.71. The number of hydrogen-bond acceptors (Lipinski definition) is 2. The predicted octanol–water partition coefficient (Wildman–Crippen LogP) is 2.26. The molecule has 0 saturated heterocycles. The quantitative estimate of drug-likeness (QED) is 0.690. The standard InChI is InChI=1S/C8H7ClO2S/c1-2-7-5-3-4-6-8(7)12(9,10)11/h2-6H,1H2. The van der Waals surface area contributed by atoms with Crippen molar-refractivity contribution in [2.75, 3.05) is 0 Å². The van der Waals surface area contributed by atoms with Gasteiger partial charge in [-0.15, -0.1) is 0 Å². The highest BCUT2D eigenvalue weighted by atomic mass is 35.7. The summed E-state index contributed by atoms with van der Waals surface area (Å²) >= 11 is 0. The smallest absolute Gasteiger partial charge is 0.207 e. The molecule has 0 radical (unpaired) electrons. The summed E-state index contributed by atoms with van der Waals surface area (Å²) in [5.41, 5.74) is 0.521. The van der Waals surface area contributed by atoms with Crippen LogP contribution in [0.3, 0.4) is 0 Å². The third-order valence-corrected chi connectivity index (χ3v) is 2.80. The summed E-state index contributed by atoms with van der Waals surface area (Å²) in [4.78, 5) is 0.0988. The van der Waals surface area contributed by atoms with Crippen LogP contribution in [-0.4, -0.2) is 8.42 Å².